The zero-order chi connectivity index (χ0) is 21.4. The SMILES string of the molecule is C=CCCCCC(=O)N(C(=O)CCCCC=C)C(CC(=O)O/C=C/C)C(=O)[O-].[Na+]. The number of amides is 2. The number of carbonyl (C=O) groups excluding carboxylic acids is 4. The summed E-state index contributed by atoms with van der Waals surface area (Å²) in [7, 11) is 0. The number of carboxylic acids is 1. The molecule has 0 radical (unpaired) electrons. The molecule has 0 N–H and O–H groups in total. The minimum absolute atomic E-state index is 0. The first kappa shape index (κ1) is 29.5. The van der Waals surface area contributed by atoms with E-state index in [0.29, 0.717) is 43.4 Å². The van der Waals surface area contributed by atoms with Crippen LogP contribution in [-0.2, 0) is 23.9 Å². The van der Waals surface area contributed by atoms with Gasteiger partial charge in [0.1, 0.15) is 0 Å². The number of carbonyl (C=O) groups is 4. The largest absolute Gasteiger partial charge is 1.00 e. The molecule has 0 saturated carbocycles. The van der Waals surface area contributed by atoms with Gasteiger partial charge in [-0.1, -0.05) is 18.2 Å². The van der Waals surface area contributed by atoms with E-state index in [2.05, 4.69) is 13.2 Å². The molecule has 0 aliphatic rings. The Hall–Kier alpha value is -1.70. The van der Waals surface area contributed by atoms with Crippen LogP contribution in [0.1, 0.15) is 64.7 Å². The van der Waals surface area contributed by atoms with E-state index in [9.17, 15) is 24.3 Å². The molecule has 0 aromatic heterocycles. The standard InChI is InChI=1S/C21H31NO6.Na/c1-4-7-9-11-13-18(23)22(19(24)14-12-10-8-5-2)17(21(26)27)16-20(25)28-15-6-3;/h4-6,15,17H,1-2,7-14,16H2,3H3,(H,26,27);/q;+1/p-1/b15-6+;. The summed E-state index contributed by atoms with van der Waals surface area (Å²) >= 11 is 0. The maximum Gasteiger partial charge on any atom is 1.00 e. The molecule has 156 valence electrons. The topological polar surface area (TPSA) is 104 Å². The van der Waals surface area contributed by atoms with Gasteiger partial charge < -0.3 is 14.6 Å². The van der Waals surface area contributed by atoms with Crippen LogP contribution in [-0.4, -0.2) is 34.7 Å². The number of hydrogen-bond acceptors (Lipinski definition) is 6. The third kappa shape index (κ3) is 13.2. The van der Waals surface area contributed by atoms with Gasteiger partial charge in [0, 0.05) is 12.8 Å². The number of aliphatic carboxylic acids is 1. The van der Waals surface area contributed by atoms with Crippen LogP contribution in [0.4, 0.5) is 0 Å². The number of ether oxygens (including phenoxy) is 1. The minimum Gasteiger partial charge on any atom is -0.548 e. The zero-order valence-corrected chi connectivity index (χ0v) is 19.6. The number of carboxylic acid groups (broad SMARTS) is 1. The second kappa shape index (κ2) is 18.3. The fourth-order valence-electron chi connectivity index (χ4n) is 2.49. The van der Waals surface area contributed by atoms with E-state index in [4.69, 9.17) is 4.74 Å². The Balaban J connectivity index is 0. The predicted molar refractivity (Wildman–Crippen MR) is 104 cm³/mol. The van der Waals surface area contributed by atoms with Gasteiger partial charge in [0.25, 0.3) is 0 Å². The van der Waals surface area contributed by atoms with Gasteiger partial charge in [-0.2, -0.15) is 0 Å². The van der Waals surface area contributed by atoms with Gasteiger partial charge in [-0.05, 0) is 45.4 Å². The van der Waals surface area contributed by atoms with Gasteiger partial charge in [0.15, 0.2) is 0 Å². The van der Waals surface area contributed by atoms with E-state index in [0.717, 1.165) is 6.26 Å². The maximum atomic E-state index is 12.6. The van der Waals surface area contributed by atoms with Crippen molar-refractivity contribution in [3.05, 3.63) is 37.6 Å². The number of hydrogen-bond donors (Lipinski definition) is 0. The summed E-state index contributed by atoms with van der Waals surface area (Å²) in [6.07, 6.45) is 9.09. The first-order valence-corrected chi connectivity index (χ1v) is 9.47. The fourth-order valence-corrected chi connectivity index (χ4v) is 2.49. The number of allylic oxidation sites excluding steroid dienone is 3. The maximum absolute atomic E-state index is 12.6. The van der Waals surface area contributed by atoms with Gasteiger partial charge in [0.2, 0.25) is 11.8 Å². The zero-order valence-electron chi connectivity index (χ0n) is 17.6. The molecular formula is C21H30NNaO6. The van der Waals surface area contributed by atoms with E-state index in [1.54, 1.807) is 19.1 Å². The molecule has 0 saturated heterocycles. The second-order valence-corrected chi connectivity index (χ2v) is 6.22. The molecule has 29 heavy (non-hydrogen) atoms. The third-order valence-corrected chi connectivity index (χ3v) is 3.91. The van der Waals surface area contributed by atoms with Gasteiger partial charge in [-0.15, -0.1) is 13.2 Å². The monoisotopic (exact) mass is 415 g/mol. The summed E-state index contributed by atoms with van der Waals surface area (Å²) in [5, 5.41) is 11.6. The fraction of sp³-hybridized carbons (Fsp3) is 0.524. The van der Waals surface area contributed by atoms with Crippen molar-refractivity contribution >= 4 is 23.8 Å². The molecular weight excluding hydrogens is 385 g/mol. The predicted octanol–water partition coefficient (Wildman–Crippen LogP) is -0.576. The summed E-state index contributed by atoms with van der Waals surface area (Å²) < 4.78 is 4.73. The molecule has 0 aliphatic heterocycles. The Kier molecular flexibility index (Phi) is 18.7. The number of unbranched alkanes of at least 4 members (excludes halogenated alkanes) is 4. The first-order valence-electron chi connectivity index (χ1n) is 9.47. The molecule has 8 heteroatoms. The van der Waals surface area contributed by atoms with E-state index < -0.39 is 36.2 Å². The molecule has 0 rings (SSSR count). The van der Waals surface area contributed by atoms with Crippen molar-refractivity contribution in [1.29, 1.82) is 0 Å². The van der Waals surface area contributed by atoms with Crippen molar-refractivity contribution in [2.24, 2.45) is 0 Å². The second-order valence-electron chi connectivity index (χ2n) is 6.22. The van der Waals surface area contributed by atoms with Crippen LogP contribution in [0.25, 0.3) is 0 Å². The van der Waals surface area contributed by atoms with Crippen molar-refractivity contribution in [1.82, 2.24) is 4.90 Å². The quantitative estimate of drug-likeness (QED) is 0.117. The smallest absolute Gasteiger partial charge is 0.548 e. The number of esters is 1. The molecule has 1 atom stereocenters. The molecule has 0 fully saturated rings. The molecule has 0 heterocycles. The molecule has 0 bridgehead atoms. The molecule has 0 aromatic carbocycles. The Bertz CT molecular complexity index is 560. The normalized spacial score (nSPS) is 11.2. The number of nitrogens with zero attached hydrogens (tertiary/aromatic N) is 1. The van der Waals surface area contributed by atoms with Crippen LogP contribution in [0.3, 0.4) is 0 Å². The van der Waals surface area contributed by atoms with E-state index in [1.807, 2.05) is 0 Å². The Morgan fingerprint density at radius 2 is 1.45 bits per heavy atom. The first-order chi connectivity index (χ1) is 13.4. The summed E-state index contributed by atoms with van der Waals surface area (Å²) in [5.74, 6) is -3.80. The van der Waals surface area contributed by atoms with Gasteiger partial charge in [0.05, 0.1) is 24.7 Å². The van der Waals surface area contributed by atoms with Gasteiger partial charge in [-0.25, -0.2) is 0 Å². The third-order valence-electron chi connectivity index (χ3n) is 3.91. The minimum atomic E-state index is -1.70. The molecule has 7 nitrogen and oxygen atoms in total. The van der Waals surface area contributed by atoms with E-state index in [1.165, 1.54) is 6.08 Å². The van der Waals surface area contributed by atoms with Crippen molar-refractivity contribution in [2.45, 2.75) is 70.8 Å². The van der Waals surface area contributed by atoms with E-state index in [-0.39, 0.29) is 42.4 Å². The van der Waals surface area contributed by atoms with Crippen LogP contribution in [0.2, 0.25) is 0 Å². The summed E-state index contributed by atoms with van der Waals surface area (Å²) in [5.41, 5.74) is 0. The Labute approximate surface area is 195 Å². The Morgan fingerprint density at radius 3 is 1.83 bits per heavy atom. The van der Waals surface area contributed by atoms with E-state index >= 15 is 0 Å². The van der Waals surface area contributed by atoms with Crippen molar-refractivity contribution < 1.29 is 58.6 Å². The summed E-state index contributed by atoms with van der Waals surface area (Å²) in [4.78, 5) is 49.3. The number of rotatable bonds is 15. The van der Waals surface area contributed by atoms with Gasteiger partial charge in [-0.3, -0.25) is 19.3 Å². The number of imide groups is 1. The van der Waals surface area contributed by atoms with Crippen LogP contribution < -0.4 is 34.7 Å². The average molecular weight is 415 g/mol. The van der Waals surface area contributed by atoms with Crippen LogP contribution in [0.15, 0.2) is 37.6 Å². The van der Waals surface area contributed by atoms with Crippen LogP contribution in [0.5, 0.6) is 0 Å². The molecule has 0 spiro atoms. The molecule has 2 amide bonds. The Morgan fingerprint density at radius 1 is 0.966 bits per heavy atom. The van der Waals surface area contributed by atoms with Crippen molar-refractivity contribution in [3.63, 3.8) is 0 Å². The molecule has 0 aliphatic carbocycles. The molecule has 1 unspecified atom stereocenters. The average Bonchev–Trinajstić information content (AvgIpc) is 2.66. The molecule has 0 aromatic rings. The van der Waals surface area contributed by atoms with Crippen LogP contribution in [0, 0.1) is 0 Å². The van der Waals surface area contributed by atoms with Gasteiger partial charge >= 0.3 is 35.5 Å². The van der Waals surface area contributed by atoms with Crippen molar-refractivity contribution in [3.8, 4) is 0 Å². The summed E-state index contributed by atoms with van der Waals surface area (Å²) in [6, 6.07) is -1.70. The van der Waals surface area contributed by atoms with Crippen molar-refractivity contribution in [2.75, 3.05) is 0 Å². The van der Waals surface area contributed by atoms with Crippen LogP contribution >= 0.6 is 0 Å². The summed E-state index contributed by atoms with van der Waals surface area (Å²) in [6.45, 7) is 8.82.